The molecule has 0 amide bonds. The lowest BCUT2D eigenvalue weighted by molar-refractivity contribution is 0.282. The molecule has 1 N–H and O–H groups in total. The molecule has 2 nitrogen and oxygen atoms in total. The molecular weight excluding hydrogens is 368 g/mol. The van der Waals surface area contributed by atoms with Crippen LogP contribution in [0.15, 0.2) is 89.6 Å². The number of ether oxygens (including phenoxy) is 1. The summed E-state index contributed by atoms with van der Waals surface area (Å²) in [6, 6.07) is 2.51. The molecule has 0 saturated carbocycles. The van der Waals surface area contributed by atoms with Crippen molar-refractivity contribution >= 4 is 0 Å². The Morgan fingerprint density at radius 3 is 2.59 bits per heavy atom. The topological polar surface area (TPSA) is 21.3 Å². The molecule has 0 heterocycles. The highest BCUT2D eigenvalue weighted by atomic mass is 19.2. The van der Waals surface area contributed by atoms with Gasteiger partial charge in [-0.05, 0) is 77.6 Å². The summed E-state index contributed by atoms with van der Waals surface area (Å²) in [6.45, 7) is 12.3. The van der Waals surface area contributed by atoms with Crippen LogP contribution in [0.4, 0.5) is 8.78 Å². The van der Waals surface area contributed by atoms with E-state index < -0.39 is 11.6 Å². The summed E-state index contributed by atoms with van der Waals surface area (Å²) < 4.78 is 32.2. The van der Waals surface area contributed by atoms with E-state index in [0.717, 1.165) is 39.3 Å². The van der Waals surface area contributed by atoms with Crippen LogP contribution in [-0.4, -0.2) is 7.11 Å². The predicted molar refractivity (Wildman–Crippen MR) is 115 cm³/mol. The summed E-state index contributed by atoms with van der Waals surface area (Å²) >= 11 is 0. The zero-order chi connectivity index (χ0) is 21.4. The first-order valence-electron chi connectivity index (χ1n) is 9.47. The summed E-state index contributed by atoms with van der Waals surface area (Å²) in [5.74, 6) is -0.780. The standard InChI is InChI=1S/C25H27F2NO/c1-6-20-14-24(26)25(27)15-22(20)16-28-19(4)10-8-7-9-18(3)21-11-17(2)12-23(13-21)29-5/h8-11,13-15,28H,2-3,6,12,16H2,1,4-5H3. The second-order valence-corrected chi connectivity index (χ2v) is 6.84. The Morgan fingerprint density at radius 2 is 1.93 bits per heavy atom. The molecule has 0 aromatic heterocycles. The molecular formula is C25H27F2NO. The van der Waals surface area contributed by atoms with Gasteiger partial charge in [-0.3, -0.25) is 0 Å². The number of nitrogens with one attached hydrogen (secondary N) is 1. The molecule has 0 radical (unpaired) electrons. The molecule has 0 unspecified atom stereocenters. The van der Waals surface area contributed by atoms with Crippen molar-refractivity contribution in [2.45, 2.75) is 33.2 Å². The second kappa shape index (κ2) is 10.4. The van der Waals surface area contributed by atoms with Gasteiger partial charge in [0, 0.05) is 18.7 Å². The smallest absolute Gasteiger partial charge is 0.159 e. The Kier molecular flexibility index (Phi) is 7.99. The van der Waals surface area contributed by atoms with Gasteiger partial charge in [0.25, 0.3) is 0 Å². The van der Waals surface area contributed by atoms with Crippen molar-refractivity contribution in [3.8, 4) is 0 Å². The first kappa shape index (κ1) is 22.2. The van der Waals surface area contributed by atoms with Gasteiger partial charge in [-0.1, -0.05) is 26.2 Å². The fourth-order valence-electron chi connectivity index (χ4n) is 2.90. The van der Waals surface area contributed by atoms with Crippen molar-refractivity contribution < 1.29 is 13.5 Å². The molecule has 29 heavy (non-hydrogen) atoms. The Hall–Kier alpha value is -3.10. The second-order valence-electron chi connectivity index (χ2n) is 6.84. The fourth-order valence-corrected chi connectivity index (χ4v) is 2.90. The third-order valence-electron chi connectivity index (χ3n) is 4.58. The first-order valence-corrected chi connectivity index (χ1v) is 9.47. The van der Waals surface area contributed by atoms with Crippen LogP contribution in [0.3, 0.4) is 0 Å². The maximum Gasteiger partial charge on any atom is 0.159 e. The summed E-state index contributed by atoms with van der Waals surface area (Å²) in [6.07, 6.45) is 10.7. The molecule has 1 aliphatic carbocycles. The third-order valence-corrected chi connectivity index (χ3v) is 4.58. The van der Waals surface area contributed by atoms with E-state index in [1.54, 1.807) is 19.3 Å². The van der Waals surface area contributed by atoms with Gasteiger partial charge in [0.15, 0.2) is 11.6 Å². The lowest BCUT2D eigenvalue weighted by Crippen LogP contribution is -2.12. The van der Waals surface area contributed by atoms with Crippen molar-refractivity contribution in [1.82, 2.24) is 5.32 Å². The predicted octanol–water partition coefficient (Wildman–Crippen LogP) is 6.20. The van der Waals surface area contributed by atoms with E-state index in [-0.39, 0.29) is 0 Å². The maximum absolute atomic E-state index is 13.5. The van der Waals surface area contributed by atoms with Crippen molar-refractivity contribution in [2.24, 2.45) is 0 Å². The van der Waals surface area contributed by atoms with Crippen LogP contribution >= 0.6 is 0 Å². The molecule has 152 valence electrons. The molecule has 0 aliphatic heterocycles. The molecule has 0 saturated heterocycles. The van der Waals surface area contributed by atoms with Gasteiger partial charge in [0.05, 0.1) is 7.11 Å². The van der Waals surface area contributed by atoms with Crippen molar-refractivity contribution in [3.05, 3.63) is 112 Å². The zero-order valence-corrected chi connectivity index (χ0v) is 17.2. The number of rotatable bonds is 8. The summed E-state index contributed by atoms with van der Waals surface area (Å²) in [7, 11) is 1.64. The monoisotopic (exact) mass is 395 g/mol. The van der Waals surface area contributed by atoms with Gasteiger partial charge in [0.1, 0.15) is 5.76 Å². The third kappa shape index (κ3) is 6.48. The molecule has 1 aliphatic rings. The largest absolute Gasteiger partial charge is 0.501 e. The number of hydrogen-bond donors (Lipinski definition) is 1. The number of benzene rings is 1. The molecule has 2 rings (SSSR count). The van der Waals surface area contributed by atoms with Crippen LogP contribution in [0.1, 0.15) is 31.4 Å². The van der Waals surface area contributed by atoms with E-state index in [1.807, 2.05) is 32.1 Å². The Bertz CT molecular complexity index is 957. The van der Waals surface area contributed by atoms with Crippen LogP contribution in [0.2, 0.25) is 0 Å². The van der Waals surface area contributed by atoms with Gasteiger partial charge in [-0.15, -0.1) is 5.73 Å². The summed E-state index contributed by atoms with van der Waals surface area (Å²) in [5, 5.41) is 3.21. The van der Waals surface area contributed by atoms with E-state index in [1.165, 1.54) is 12.1 Å². The van der Waals surface area contributed by atoms with E-state index in [2.05, 4.69) is 24.2 Å². The fraction of sp³-hybridized carbons (Fsp3) is 0.240. The molecule has 1 aromatic carbocycles. The Labute approximate surface area is 172 Å². The minimum Gasteiger partial charge on any atom is -0.501 e. The van der Waals surface area contributed by atoms with Crippen LogP contribution in [0, 0.1) is 11.6 Å². The SMILES string of the molecule is C=C1C=C(C(=C)C=C=CC=C(C)NCc2cc(F)c(F)cc2CC)C=C(OC)C1. The normalized spacial score (nSPS) is 13.8. The van der Waals surface area contributed by atoms with Crippen LogP contribution in [0.25, 0.3) is 0 Å². The average Bonchev–Trinajstić information content (AvgIpc) is 2.70. The van der Waals surface area contributed by atoms with E-state index >= 15 is 0 Å². The zero-order valence-electron chi connectivity index (χ0n) is 17.2. The Balaban J connectivity index is 2.00. The van der Waals surface area contributed by atoms with Crippen molar-refractivity contribution in [3.63, 3.8) is 0 Å². The minimum atomic E-state index is -0.827. The summed E-state index contributed by atoms with van der Waals surface area (Å²) in [4.78, 5) is 0. The minimum absolute atomic E-state index is 0.423. The van der Waals surface area contributed by atoms with E-state index in [4.69, 9.17) is 4.74 Å². The Morgan fingerprint density at radius 1 is 1.24 bits per heavy atom. The van der Waals surface area contributed by atoms with Crippen LogP contribution < -0.4 is 5.32 Å². The van der Waals surface area contributed by atoms with Gasteiger partial charge in [-0.2, -0.15) is 0 Å². The number of methoxy groups -OCH3 is 1. The van der Waals surface area contributed by atoms with Crippen LogP contribution in [-0.2, 0) is 17.7 Å². The van der Waals surface area contributed by atoms with Crippen molar-refractivity contribution in [1.29, 1.82) is 0 Å². The van der Waals surface area contributed by atoms with E-state index in [0.29, 0.717) is 19.4 Å². The number of allylic oxidation sites excluding steroid dienone is 8. The first-order chi connectivity index (χ1) is 13.8. The average molecular weight is 395 g/mol. The highest BCUT2D eigenvalue weighted by molar-refractivity contribution is 5.51. The summed E-state index contributed by atoms with van der Waals surface area (Å²) in [5.41, 5.74) is 8.24. The molecule has 0 atom stereocenters. The van der Waals surface area contributed by atoms with Crippen molar-refractivity contribution in [2.75, 3.05) is 7.11 Å². The molecule has 4 heteroatoms. The lowest BCUT2D eigenvalue weighted by atomic mass is 9.97. The van der Waals surface area contributed by atoms with Gasteiger partial charge in [-0.25, -0.2) is 8.78 Å². The number of hydrogen-bond acceptors (Lipinski definition) is 2. The molecule has 0 bridgehead atoms. The van der Waals surface area contributed by atoms with Gasteiger partial charge in [0.2, 0.25) is 0 Å². The molecule has 0 fully saturated rings. The van der Waals surface area contributed by atoms with Crippen LogP contribution in [0.5, 0.6) is 0 Å². The number of aryl methyl sites for hydroxylation is 1. The van der Waals surface area contributed by atoms with E-state index in [9.17, 15) is 8.78 Å². The van der Waals surface area contributed by atoms with Gasteiger partial charge >= 0.3 is 0 Å². The highest BCUT2D eigenvalue weighted by Crippen LogP contribution is 2.25. The van der Waals surface area contributed by atoms with Gasteiger partial charge < -0.3 is 10.1 Å². The quantitative estimate of drug-likeness (QED) is 0.418. The maximum atomic E-state index is 13.5. The lowest BCUT2D eigenvalue weighted by Gasteiger charge is -2.14. The number of halogens is 2. The molecule has 1 aromatic rings. The highest BCUT2D eigenvalue weighted by Gasteiger charge is 2.10. The molecule has 0 spiro atoms.